The van der Waals surface area contributed by atoms with Gasteiger partial charge in [-0.2, -0.15) is 5.11 Å². The third-order valence-corrected chi connectivity index (χ3v) is 2.26. The topological polar surface area (TPSA) is 29.1 Å². The maximum atomic E-state index is 11.6. The minimum absolute atomic E-state index is 0.385. The molecule has 1 radical (unpaired) electrons. The van der Waals surface area contributed by atoms with Gasteiger partial charge in [0.25, 0.3) is 0 Å². The van der Waals surface area contributed by atoms with Crippen LogP contribution in [0.1, 0.15) is 5.56 Å². The summed E-state index contributed by atoms with van der Waals surface area (Å²) in [6.07, 6.45) is -0.666. The number of hydrogen-bond donors (Lipinski definition) is 0. The van der Waals surface area contributed by atoms with Crippen LogP contribution < -0.4 is 4.74 Å². The number of hydrogen-bond acceptors (Lipinski definition) is 1. The zero-order valence-electron chi connectivity index (χ0n) is 8.87. The van der Waals surface area contributed by atoms with Gasteiger partial charge in [-0.25, -0.2) is 0 Å². The predicted molar refractivity (Wildman–Crippen MR) is 61.7 cm³/mol. The molecule has 0 aliphatic heterocycles. The highest BCUT2D eigenvalue weighted by Crippen LogP contribution is 2.12. The molecule has 1 unspecified atom stereocenters. The second-order valence-corrected chi connectivity index (χ2v) is 3.55. The molecule has 0 N–H and O–H groups in total. The molecular formula is C14H13O2. The molecule has 0 spiro atoms. The molecule has 2 aromatic rings. The Kier molecular flexibility index (Phi) is 3.57. The quantitative estimate of drug-likeness (QED) is 0.717. The van der Waals surface area contributed by atoms with Crippen molar-refractivity contribution < 1.29 is 9.84 Å². The lowest BCUT2D eigenvalue weighted by Crippen LogP contribution is -2.16. The van der Waals surface area contributed by atoms with Crippen molar-refractivity contribution in [2.75, 3.05) is 0 Å². The van der Waals surface area contributed by atoms with Gasteiger partial charge in [0.2, 0.25) is 6.29 Å². The molecule has 0 bridgehead atoms. The molecule has 2 heteroatoms. The zero-order chi connectivity index (χ0) is 11.2. The maximum absolute atomic E-state index is 11.6. The van der Waals surface area contributed by atoms with Crippen molar-refractivity contribution in [2.24, 2.45) is 0 Å². The molecular weight excluding hydrogens is 200 g/mol. The monoisotopic (exact) mass is 213 g/mol. The van der Waals surface area contributed by atoms with Gasteiger partial charge < -0.3 is 4.74 Å². The molecule has 0 aliphatic carbocycles. The van der Waals surface area contributed by atoms with Crippen LogP contribution in [0.15, 0.2) is 60.7 Å². The maximum Gasteiger partial charge on any atom is 0.235 e. The lowest BCUT2D eigenvalue weighted by molar-refractivity contribution is -0.0692. The van der Waals surface area contributed by atoms with Gasteiger partial charge in [0.1, 0.15) is 5.75 Å². The molecule has 81 valence electrons. The van der Waals surface area contributed by atoms with E-state index in [4.69, 9.17) is 4.74 Å². The van der Waals surface area contributed by atoms with Gasteiger partial charge in [0.15, 0.2) is 0 Å². The van der Waals surface area contributed by atoms with Crippen LogP contribution in [-0.2, 0) is 11.5 Å². The normalized spacial score (nSPS) is 12.1. The fourth-order valence-electron chi connectivity index (χ4n) is 1.50. The van der Waals surface area contributed by atoms with Crippen LogP contribution in [-0.4, -0.2) is 6.29 Å². The van der Waals surface area contributed by atoms with Gasteiger partial charge in [-0.05, 0) is 17.7 Å². The molecule has 1 atom stereocenters. The van der Waals surface area contributed by atoms with E-state index in [0.717, 1.165) is 5.56 Å². The lowest BCUT2D eigenvalue weighted by Gasteiger charge is -2.11. The second kappa shape index (κ2) is 5.33. The van der Waals surface area contributed by atoms with Crippen LogP contribution in [0.4, 0.5) is 0 Å². The average molecular weight is 213 g/mol. The van der Waals surface area contributed by atoms with Crippen molar-refractivity contribution in [3.05, 3.63) is 66.2 Å². The third-order valence-electron chi connectivity index (χ3n) is 2.26. The van der Waals surface area contributed by atoms with Crippen molar-refractivity contribution in [3.63, 3.8) is 0 Å². The smallest absolute Gasteiger partial charge is 0.235 e. The summed E-state index contributed by atoms with van der Waals surface area (Å²) in [5.41, 5.74) is 0.999. The number of rotatable bonds is 4. The Hall–Kier alpha value is -1.80. The summed E-state index contributed by atoms with van der Waals surface area (Å²) < 4.78 is 5.26. The van der Waals surface area contributed by atoms with E-state index in [-0.39, 0.29) is 0 Å². The van der Waals surface area contributed by atoms with E-state index < -0.39 is 6.29 Å². The first-order chi connectivity index (χ1) is 7.84. The zero-order valence-corrected chi connectivity index (χ0v) is 8.87. The number of ether oxygens (including phenoxy) is 1. The molecule has 2 aromatic carbocycles. The van der Waals surface area contributed by atoms with Gasteiger partial charge in [-0.15, -0.1) is 0 Å². The van der Waals surface area contributed by atoms with Gasteiger partial charge in [-0.3, -0.25) is 0 Å². The summed E-state index contributed by atoms with van der Waals surface area (Å²) in [6.45, 7) is 0. The molecule has 0 heterocycles. The molecule has 0 fully saturated rings. The van der Waals surface area contributed by atoms with Gasteiger partial charge >= 0.3 is 0 Å². The van der Waals surface area contributed by atoms with Crippen LogP contribution >= 0.6 is 0 Å². The highest BCUT2D eigenvalue weighted by atomic mass is 16.6. The summed E-state index contributed by atoms with van der Waals surface area (Å²) in [5, 5.41) is 11.6. The van der Waals surface area contributed by atoms with Crippen LogP contribution in [0.2, 0.25) is 0 Å². The third kappa shape index (κ3) is 3.11. The van der Waals surface area contributed by atoms with Crippen LogP contribution in [0.3, 0.4) is 0 Å². The van der Waals surface area contributed by atoms with Crippen LogP contribution in [0, 0.1) is 0 Å². The Balaban J connectivity index is 1.92. The van der Waals surface area contributed by atoms with E-state index in [2.05, 4.69) is 0 Å². The van der Waals surface area contributed by atoms with E-state index >= 15 is 0 Å². The van der Waals surface area contributed by atoms with Gasteiger partial charge in [-0.1, -0.05) is 48.5 Å². The summed E-state index contributed by atoms with van der Waals surface area (Å²) >= 11 is 0. The largest absolute Gasteiger partial charge is 0.462 e. The first kappa shape index (κ1) is 10.7. The van der Waals surface area contributed by atoms with Crippen molar-refractivity contribution >= 4 is 0 Å². The molecule has 2 rings (SSSR count). The summed E-state index contributed by atoms with van der Waals surface area (Å²) in [7, 11) is 0. The average Bonchev–Trinajstić information content (AvgIpc) is 2.31. The van der Waals surface area contributed by atoms with Gasteiger partial charge in [0.05, 0.1) is 0 Å². The fourth-order valence-corrected chi connectivity index (χ4v) is 1.50. The Labute approximate surface area is 95.1 Å². The molecule has 16 heavy (non-hydrogen) atoms. The number of para-hydroxylation sites is 1. The van der Waals surface area contributed by atoms with E-state index in [1.165, 1.54) is 0 Å². The molecule has 0 aliphatic rings. The Morgan fingerprint density at radius 2 is 1.44 bits per heavy atom. The minimum Gasteiger partial charge on any atom is -0.462 e. The molecule has 0 amide bonds. The van der Waals surface area contributed by atoms with Crippen molar-refractivity contribution in [2.45, 2.75) is 12.7 Å². The van der Waals surface area contributed by atoms with E-state index in [1.54, 1.807) is 12.1 Å². The van der Waals surface area contributed by atoms with Crippen molar-refractivity contribution in [1.82, 2.24) is 0 Å². The first-order valence-corrected chi connectivity index (χ1v) is 5.26. The van der Waals surface area contributed by atoms with Crippen LogP contribution in [0.5, 0.6) is 5.75 Å². The van der Waals surface area contributed by atoms with Crippen molar-refractivity contribution in [3.8, 4) is 5.75 Å². The Bertz CT molecular complexity index is 370. The Morgan fingerprint density at radius 3 is 2.06 bits per heavy atom. The molecule has 0 aromatic heterocycles. The molecule has 0 saturated heterocycles. The standard InChI is InChI=1S/C14H13O2/c15-14(11-12-7-3-1-4-8-12)16-13-9-5-2-6-10-13/h1-10,14H,11H2. The minimum atomic E-state index is -1.05. The molecule has 0 saturated carbocycles. The van der Waals surface area contributed by atoms with Gasteiger partial charge in [0, 0.05) is 6.42 Å². The van der Waals surface area contributed by atoms with Crippen molar-refractivity contribution in [1.29, 1.82) is 0 Å². The van der Waals surface area contributed by atoms with Crippen LogP contribution in [0.25, 0.3) is 0 Å². The van der Waals surface area contributed by atoms with E-state index in [0.29, 0.717) is 12.2 Å². The summed E-state index contributed by atoms with van der Waals surface area (Å²) in [4.78, 5) is 0. The summed E-state index contributed by atoms with van der Waals surface area (Å²) in [5.74, 6) is 0.624. The summed E-state index contributed by atoms with van der Waals surface area (Å²) in [6, 6.07) is 18.8. The fraction of sp³-hybridized carbons (Fsp3) is 0.143. The second-order valence-electron chi connectivity index (χ2n) is 3.55. The highest BCUT2D eigenvalue weighted by molar-refractivity contribution is 5.21. The predicted octanol–water partition coefficient (Wildman–Crippen LogP) is 3.06. The van der Waals surface area contributed by atoms with E-state index in [9.17, 15) is 5.11 Å². The number of benzene rings is 2. The highest BCUT2D eigenvalue weighted by Gasteiger charge is 2.08. The SMILES string of the molecule is [O]C(Cc1ccccc1)Oc1ccccc1. The lowest BCUT2D eigenvalue weighted by atomic mass is 10.1. The Morgan fingerprint density at radius 1 is 0.875 bits per heavy atom. The van der Waals surface area contributed by atoms with E-state index in [1.807, 2.05) is 48.5 Å². The molecule has 2 nitrogen and oxygen atoms in total. The first-order valence-electron chi connectivity index (χ1n) is 5.26.